The molecule has 1 unspecified atom stereocenters. The van der Waals surface area contributed by atoms with Crippen molar-refractivity contribution in [3.63, 3.8) is 0 Å². The van der Waals surface area contributed by atoms with Gasteiger partial charge in [0.1, 0.15) is 0 Å². The predicted molar refractivity (Wildman–Crippen MR) is 103 cm³/mol. The summed E-state index contributed by atoms with van der Waals surface area (Å²) in [6.45, 7) is 2.76. The first-order chi connectivity index (χ1) is 11.5. The number of hydrogen-bond donors (Lipinski definition) is 1. The Hall–Kier alpha value is -1.65. The van der Waals surface area contributed by atoms with E-state index in [1.165, 1.54) is 11.1 Å². The molecule has 2 aromatic rings. The lowest BCUT2D eigenvalue weighted by molar-refractivity contribution is -0.120. The molecule has 0 aromatic heterocycles. The van der Waals surface area contributed by atoms with Crippen LogP contribution < -0.4 is 5.32 Å². The molecule has 1 atom stereocenters. The molecule has 3 nitrogen and oxygen atoms in total. The maximum absolute atomic E-state index is 12.2. The van der Waals surface area contributed by atoms with Crippen LogP contribution in [0.3, 0.4) is 0 Å². The fraction of sp³-hybridized carbons (Fsp3) is 0.350. The maximum atomic E-state index is 12.2. The molecular weight excluding hydrogens is 364 g/mol. The van der Waals surface area contributed by atoms with Gasteiger partial charge < -0.3 is 10.2 Å². The van der Waals surface area contributed by atoms with E-state index in [4.69, 9.17) is 0 Å². The first kappa shape index (κ1) is 18.7. The highest BCUT2D eigenvalue weighted by Gasteiger charge is 2.15. The molecule has 128 valence electrons. The number of amides is 1. The predicted octanol–water partition coefficient (Wildman–Crippen LogP) is 3.97. The van der Waals surface area contributed by atoms with Gasteiger partial charge in [0.15, 0.2) is 0 Å². The van der Waals surface area contributed by atoms with Gasteiger partial charge in [0, 0.05) is 11.0 Å². The molecule has 1 amide bonds. The molecule has 1 N–H and O–H groups in total. The molecule has 4 heteroatoms. The van der Waals surface area contributed by atoms with Crippen molar-refractivity contribution in [3.8, 4) is 0 Å². The number of nitrogens with one attached hydrogen (secondary N) is 1. The van der Waals surface area contributed by atoms with Gasteiger partial charge in [0.2, 0.25) is 5.91 Å². The van der Waals surface area contributed by atoms with Crippen molar-refractivity contribution in [1.29, 1.82) is 0 Å². The SMILES string of the molecule is CCc1ccc(C(CNC(=O)Cc2ccc(Br)cc2)N(C)C)cc1. The van der Waals surface area contributed by atoms with Crippen LogP contribution in [-0.2, 0) is 17.6 Å². The maximum Gasteiger partial charge on any atom is 0.224 e. The fourth-order valence-corrected chi connectivity index (χ4v) is 2.90. The van der Waals surface area contributed by atoms with E-state index < -0.39 is 0 Å². The summed E-state index contributed by atoms with van der Waals surface area (Å²) >= 11 is 3.41. The Morgan fingerprint density at radius 2 is 1.62 bits per heavy atom. The van der Waals surface area contributed by atoms with Crippen molar-refractivity contribution < 1.29 is 4.79 Å². The summed E-state index contributed by atoms with van der Waals surface area (Å²) < 4.78 is 1.02. The van der Waals surface area contributed by atoms with E-state index in [-0.39, 0.29) is 11.9 Å². The lowest BCUT2D eigenvalue weighted by Crippen LogP contribution is -2.35. The zero-order chi connectivity index (χ0) is 17.5. The second-order valence-electron chi connectivity index (χ2n) is 6.18. The first-order valence-electron chi connectivity index (χ1n) is 8.26. The molecule has 0 radical (unpaired) electrons. The molecule has 24 heavy (non-hydrogen) atoms. The van der Waals surface area contributed by atoms with Crippen LogP contribution >= 0.6 is 15.9 Å². The van der Waals surface area contributed by atoms with Crippen LogP contribution in [0.5, 0.6) is 0 Å². The van der Waals surface area contributed by atoms with Crippen LogP contribution in [0.2, 0.25) is 0 Å². The summed E-state index contributed by atoms with van der Waals surface area (Å²) in [5.41, 5.74) is 3.57. The monoisotopic (exact) mass is 388 g/mol. The second kappa shape index (κ2) is 9.00. The Bertz CT molecular complexity index is 650. The van der Waals surface area contributed by atoms with E-state index in [2.05, 4.69) is 57.3 Å². The van der Waals surface area contributed by atoms with Crippen molar-refractivity contribution in [1.82, 2.24) is 10.2 Å². The van der Waals surface area contributed by atoms with E-state index in [0.717, 1.165) is 16.5 Å². The number of nitrogens with zero attached hydrogens (tertiary/aromatic N) is 1. The van der Waals surface area contributed by atoms with Crippen molar-refractivity contribution in [2.45, 2.75) is 25.8 Å². The Labute approximate surface area is 153 Å². The lowest BCUT2D eigenvalue weighted by atomic mass is 10.0. The largest absolute Gasteiger partial charge is 0.354 e. The number of carbonyl (C=O) groups excluding carboxylic acids is 1. The summed E-state index contributed by atoms with van der Waals surface area (Å²) in [4.78, 5) is 14.4. The van der Waals surface area contributed by atoms with E-state index in [9.17, 15) is 4.79 Å². The number of aryl methyl sites for hydroxylation is 1. The van der Waals surface area contributed by atoms with Gasteiger partial charge in [0.05, 0.1) is 12.5 Å². The quantitative estimate of drug-likeness (QED) is 0.777. The highest BCUT2D eigenvalue weighted by molar-refractivity contribution is 9.10. The van der Waals surface area contributed by atoms with Crippen LogP contribution in [-0.4, -0.2) is 31.4 Å². The fourth-order valence-electron chi connectivity index (χ4n) is 2.63. The number of carbonyl (C=O) groups is 1. The molecule has 0 aliphatic rings. The Balaban J connectivity index is 1.95. The molecule has 0 saturated carbocycles. The van der Waals surface area contributed by atoms with E-state index >= 15 is 0 Å². The van der Waals surface area contributed by atoms with Crippen molar-refractivity contribution in [2.75, 3.05) is 20.6 Å². The average molecular weight is 389 g/mol. The third-order valence-electron chi connectivity index (χ3n) is 4.17. The van der Waals surface area contributed by atoms with Crippen LogP contribution in [0.25, 0.3) is 0 Å². The minimum absolute atomic E-state index is 0.0503. The lowest BCUT2D eigenvalue weighted by Gasteiger charge is -2.25. The van der Waals surface area contributed by atoms with Crippen molar-refractivity contribution >= 4 is 21.8 Å². The number of benzene rings is 2. The Morgan fingerprint density at radius 3 is 2.17 bits per heavy atom. The van der Waals surface area contributed by atoms with Gasteiger partial charge in [-0.3, -0.25) is 4.79 Å². The van der Waals surface area contributed by atoms with E-state index in [1.54, 1.807) is 0 Å². The number of rotatable bonds is 7. The number of likely N-dealkylation sites (N-methyl/N-ethyl adjacent to an activating group) is 1. The van der Waals surface area contributed by atoms with E-state index in [0.29, 0.717) is 13.0 Å². The van der Waals surface area contributed by atoms with Gasteiger partial charge in [-0.25, -0.2) is 0 Å². The number of halogens is 1. The van der Waals surface area contributed by atoms with Crippen LogP contribution in [0.15, 0.2) is 53.0 Å². The highest BCUT2D eigenvalue weighted by Crippen LogP contribution is 2.18. The second-order valence-corrected chi connectivity index (χ2v) is 7.10. The molecule has 0 fully saturated rings. The zero-order valence-corrected chi connectivity index (χ0v) is 16.1. The van der Waals surface area contributed by atoms with Gasteiger partial charge in [-0.1, -0.05) is 59.3 Å². The van der Waals surface area contributed by atoms with Crippen LogP contribution in [0, 0.1) is 0 Å². The highest BCUT2D eigenvalue weighted by atomic mass is 79.9. The minimum Gasteiger partial charge on any atom is -0.354 e. The molecule has 0 spiro atoms. The normalized spacial score (nSPS) is 12.2. The van der Waals surface area contributed by atoms with Gasteiger partial charge >= 0.3 is 0 Å². The molecule has 0 aliphatic carbocycles. The average Bonchev–Trinajstić information content (AvgIpc) is 2.57. The van der Waals surface area contributed by atoms with Gasteiger partial charge in [0.25, 0.3) is 0 Å². The van der Waals surface area contributed by atoms with Crippen LogP contribution in [0.1, 0.15) is 29.7 Å². The zero-order valence-electron chi connectivity index (χ0n) is 14.6. The summed E-state index contributed by atoms with van der Waals surface area (Å²) in [7, 11) is 4.08. The summed E-state index contributed by atoms with van der Waals surface area (Å²) in [6.07, 6.45) is 1.44. The van der Waals surface area contributed by atoms with Crippen LogP contribution in [0.4, 0.5) is 0 Å². The van der Waals surface area contributed by atoms with Gasteiger partial charge in [-0.05, 0) is 49.3 Å². The summed E-state index contributed by atoms with van der Waals surface area (Å²) in [5.74, 6) is 0.0503. The molecule has 0 aliphatic heterocycles. The number of hydrogen-bond acceptors (Lipinski definition) is 2. The molecule has 0 heterocycles. The van der Waals surface area contributed by atoms with Crippen molar-refractivity contribution in [3.05, 3.63) is 69.7 Å². The topological polar surface area (TPSA) is 32.3 Å². The molecule has 0 bridgehead atoms. The Kier molecular flexibility index (Phi) is 7.00. The van der Waals surface area contributed by atoms with Gasteiger partial charge in [-0.15, -0.1) is 0 Å². The molecule has 0 saturated heterocycles. The standard InChI is InChI=1S/C20H25BrN2O/c1-4-15-5-9-17(10-6-15)19(23(2)3)14-22-20(24)13-16-7-11-18(21)12-8-16/h5-12,19H,4,13-14H2,1-3H3,(H,22,24). The van der Waals surface area contributed by atoms with E-state index in [1.807, 2.05) is 38.4 Å². The summed E-state index contributed by atoms with van der Waals surface area (Å²) in [5, 5.41) is 3.06. The van der Waals surface area contributed by atoms with Gasteiger partial charge in [-0.2, -0.15) is 0 Å². The van der Waals surface area contributed by atoms with Crippen molar-refractivity contribution in [2.24, 2.45) is 0 Å². The third kappa shape index (κ3) is 5.46. The smallest absolute Gasteiger partial charge is 0.224 e. The molecule has 2 aromatic carbocycles. The first-order valence-corrected chi connectivity index (χ1v) is 9.05. The molecular formula is C20H25BrN2O. The summed E-state index contributed by atoms with van der Waals surface area (Å²) in [6, 6.07) is 16.7. The third-order valence-corrected chi connectivity index (χ3v) is 4.70. The molecule has 2 rings (SSSR count). The Morgan fingerprint density at radius 1 is 1.04 bits per heavy atom. The minimum atomic E-state index is 0.0503.